The minimum absolute atomic E-state index is 0.601. The summed E-state index contributed by atoms with van der Waals surface area (Å²) in [6.07, 6.45) is 0. The Kier molecular flexibility index (Phi) is 1.34. The van der Waals surface area contributed by atoms with E-state index in [4.69, 9.17) is 1.37 Å². The average Bonchev–Trinajstić information content (AvgIpc) is 2.30. The second-order valence-corrected chi connectivity index (χ2v) is 3.42. The molecule has 0 aliphatic heterocycles. The number of hydrogen-bond acceptors (Lipinski definition) is 0. The lowest BCUT2D eigenvalue weighted by molar-refractivity contribution is 1.76. The van der Waals surface area contributed by atoms with E-state index in [1.54, 1.807) is 0 Å². The largest absolute Gasteiger partial charge is 0.0629 e. The van der Waals surface area contributed by atoms with Crippen LogP contribution in [-0.4, -0.2) is 0 Å². The highest BCUT2D eigenvalue weighted by atomic mass is 14.0. The molecule has 0 heteroatoms. The molecule has 0 unspecified atom stereocenters. The molecule has 0 bridgehead atoms. The molecule has 66 valence electrons. The first kappa shape index (κ1) is 6.61. The first-order valence-electron chi connectivity index (χ1n) is 5.23. The third-order valence-electron chi connectivity index (χ3n) is 2.56. The van der Waals surface area contributed by atoms with Crippen molar-refractivity contribution in [1.82, 2.24) is 0 Å². The molecule has 0 amide bonds. The summed E-state index contributed by atoms with van der Waals surface area (Å²) in [7, 11) is 0. The molecule has 0 aliphatic carbocycles. The summed E-state index contributed by atoms with van der Waals surface area (Å²) < 4.78 is 7.95. The fraction of sp³-hybridized carbons (Fsp3) is 0. The molecule has 0 N–H and O–H groups in total. The Bertz CT molecular complexity index is 641. The zero-order chi connectivity index (χ0) is 10.3. The Morgan fingerprint density at radius 2 is 1.21 bits per heavy atom. The van der Waals surface area contributed by atoms with Gasteiger partial charge in [0.1, 0.15) is 0 Å². The van der Waals surface area contributed by atoms with E-state index in [1.165, 1.54) is 10.8 Å². The van der Waals surface area contributed by atoms with Crippen molar-refractivity contribution in [3.63, 3.8) is 0 Å². The minimum Gasteiger partial charge on any atom is -0.0616 e. The summed E-state index contributed by atoms with van der Waals surface area (Å²) >= 11 is 0. The summed E-state index contributed by atoms with van der Waals surface area (Å²) in [5, 5.41) is 4.56. The van der Waals surface area contributed by atoms with Crippen LogP contribution in [-0.2, 0) is 0 Å². The van der Waals surface area contributed by atoms with Crippen molar-refractivity contribution in [3.8, 4) is 0 Å². The summed E-state index contributed by atoms with van der Waals surface area (Å²) in [5.41, 5.74) is 0. The third-order valence-corrected chi connectivity index (χ3v) is 2.56. The van der Waals surface area contributed by atoms with Gasteiger partial charge in [-0.05, 0) is 21.5 Å². The first-order valence-corrected chi connectivity index (χ1v) is 4.73. The molecule has 3 aromatic rings. The van der Waals surface area contributed by atoms with E-state index in [2.05, 4.69) is 18.2 Å². The molecule has 3 rings (SSSR count). The van der Waals surface area contributed by atoms with Gasteiger partial charge in [0, 0.05) is 0 Å². The van der Waals surface area contributed by atoms with Crippen molar-refractivity contribution in [2.75, 3.05) is 0 Å². The van der Waals surface area contributed by atoms with Crippen LogP contribution in [0.1, 0.15) is 1.37 Å². The molecule has 0 radical (unpaired) electrons. The van der Waals surface area contributed by atoms with Gasteiger partial charge < -0.3 is 0 Å². The van der Waals surface area contributed by atoms with Crippen LogP contribution in [0.25, 0.3) is 21.5 Å². The minimum atomic E-state index is 0.601. The summed E-state index contributed by atoms with van der Waals surface area (Å²) in [6, 6.07) is 18.8. The fourth-order valence-electron chi connectivity index (χ4n) is 1.87. The van der Waals surface area contributed by atoms with Crippen LogP contribution in [0.5, 0.6) is 0 Å². The molecule has 3 aromatic carbocycles. The van der Waals surface area contributed by atoms with Crippen LogP contribution >= 0.6 is 0 Å². The van der Waals surface area contributed by atoms with Gasteiger partial charge in [0.2, 0.25) is 0 Å². The van der Waals surface area contributed by atoms with Gasteiger partial charge in [0.05, 0.1) is 1.37 Å². The molecule has 0 spiro atoms. The molecule has 0 nitrogen and oxygen atoms in total. The Balaban J connectivity index is 2.64. The molecule has 0 saturated heterocycles. The van der Waals surface area contributed by atoms with Crippen LogP contribution in [0.3, 0.4) is 0 Å². The standard InChI is InChI=1S/C14H10/c1-3-7-13-11(5-1)9-10-12-6-2-4-8-14(12)13/h1-10H/i9D. The smallest absolute Gasteiger partial charge is 0.0616 e. The Labute approximate surface area is 84.2 Å². The Morgan fingerprint density at radius 3 is 2.00 bits per heavy atom. The summed E-state index contributed by atoms with van der Waals surface area (Å²) in [5.74, 6) is 0. The van der Waals surface area contributed by atoms with Gasteiger partial charge in [-0.3, -0.25) is 0 Å². The molecule has 0 fully saturated rings. The summed E-state index contributed by atoms with van der Waals surface area (Å²) in [4.78, 5) is 0. The predicted octanol–water partition coefficient (Wildman–Crippen LogP) is 3.99. The van der Waals surface area contributed by atoms with Gasteiger partial charge in [0.25, 0.3) is 0 Å². The second-order valence-electron chi connectivity index (χ2n) is 3.42. The number of benzene rings is 3. The van der Waals surface area contributed by atoms with E-state index in [9.17, 15) is 0 Å². The van der Waals surface area contributed by atoms with E-state index < -0.39 is 0 Å². The number of hydrogen-bond donors (Lipinski definition) is 0. The zero-order valence-corrected chi connectivity index (χ0v) is 7.70. The molecule has 0 aliphatic rings. The van der Waals surface area contributed by atoms with E-state index in [0.717, 1.165) is 10.8 Å². The van der Waals surface area contributed by atoms with Crippen LogP contribution in [0, 0.1) is 0 Å². The van der Waals surface area contributed by atoms with Crippen molar-refractivity contribution in [2.24, 2.45) is 0 Å². The highest BCUT2D eigenvalue weighted by molar-refractivity contribution is 6.07. The maximum Gasteiger partial charge on any atom is 0.0629 e. The van der Waals surface area contributed by atoms with Gasteiger partial charge in [0.15, 0.2) is 0 Å². The van der Waals surface area contributed by atoms with Gasteiger partial charge in [-0.2, -0.15) is 0 Å². The fourth-order valence-corrected chi connectivity index (χ4v) is 1.87. The van der Waals surface area contributed by atoms with Gasteiger partial charge >= 0.3 is 0 Å². The molecular formula is C14H10. The Morgan fingerprint density at radius 1 is 0.643 bits per heavy atom. The molecule has 0 aromatic heterocycles. The highest BCUT2D eigenvalue weighted by Crippen LogP contribution is 2.24. The van der Waals surface area contributed by atoms with Crippen molar-refractivity contribution >= 4 is 21.5 Å². The topological polar surface area (TPSA) is 0 Å². The lowest BCUT2D eigenvalue weighted by Gasteiger charge is -2.02. The van der Waals surface area contributed by atoms with Gasteiger partial charge in [-0.1, -0.05) is 60.6 Å². The monoisotopic (exact) mass is 179 g/mol. The average molecular weight is 179 g/mol. The molecule has 14 heavy (non-hydrogen) atoms. The van der Waals surface area contributed by atoms with Crippen molar-refractivity contribution in [1.29, 1.82) is 0 Å². The molecule has 0 saturated carbocycles. The number of rotatable bonds is 0. The highest BCUT2D eigenvalue weighted by Gasteiger charge is 1.97. The molecule has 0 heterocycles. The van der Waals surface area contributed by atoms with E-state index in [1.807, 2.05) is 36.4 Å². The molecule has 0 atom stereocenters. The SMILES string of the molecule is [2H]c1cc2ccccc2c2ccccc12. The van der Waals surface area contributed by atoms with Crippen molar-refractivity contribution in [3.05, 3.63) is 60.6 Å². The van der Waals surface area contributed by atoms with Crippen LogP contribution in [0.4, 0.5) is 0 Å². The quantitative estimate of drug-likeness (QED) is 0.458. The maximum absolute atomic E-state index is 7.95. The molecular weight excluding hydrogens is 168 g/mol. The van der Waals surface area contributed by atoms with Crippen LogP contribution in [0.2, 0.25) is 0 Å². The number of fused-ring (bicyclic) bond motifs is 3. The van der Waals surface area contributed by atoms with Gasteiger partial charge in [-0.15, -0.1) is 0 Å². The normalized spacial score (nSPS) is 11.9. The third kappa shape index (κ3) is 1.01. The van der Waals surface area contributed by atoms with E-state index >= 15 is 0 Å². The lowest BCUT2D eigenvalue weighted by Crippen LogP contribution is -1.75. The summed E-state index contributed by atoms with van der Waals surface area (Å²) in [6.45, 7) is 0. The maximum atomic E-state index is 7.95. The van der Waals surface area contributed by atoms with Crippen LogP contribution < -0.4 is 0 Å². The predicted molar refractivity (Wildman–Crippen MR) is 61.5 cm³/mol. The zero-order valence-electron chi connectivity index (χ0n) is 8.70. The first-order chi connectivity index (χ1) is 7.36. The van der Waals surface area contributed by atoms with Crippen LogP contribution in [0.15, 0.2) is 60.6 Å². The lowest BCUT2D eigenvalue weighted by atomic mass is 10.0. The van der Waals surface area contributed by atoms with Crippen molar-refractivity contribution < 1.29 is 1.37 Å². The second kappa shape index (κ2) is 2.85. The van der Waals surface area contributed by atoms with Crippen molar-refractivity contribution in [2.45, 2.75) is 0 Å². The van der Waals surface area contributed by atoms with E-state index in [0.29, 0.717) is 6.04 Å². The van der Waals surface area contributed by atoms with Gasteiger partial charge in [-0.25, -0.2) is 0 Å². The van der Waals surface area contributed by atoms with E-state index in [-0.39, 0.29) is 0 Å². The Hall–Kier alpha value is -1.82.